The predicted molar refractivity (Wildman–Crippen MR) is 75.3 cm³/mol. The highest BCUT2D eigenvalue weighted by Gasteiger charge is 2.32. The lowest BCUT2D eigenvalue weighted by atomic mass is 9.95. The number of thioether (sulfide) groups is 1. The van der Waals surface area contributed by atoms with Gasteiger partial charge in [-0.3, -0.25) is 0 Å². The van der Waals surface area contributed by atoms with Gasteiger partial charge in [-0.05, 0) is 36.8 Å². The van der Waals surface area contributed by atoms with Gasteiger partial charge in [0.15, 0.2) is 0 Å². The molecule has 0 saturated heterocycles. The zero-order valence-corrected chi connectivity index (χ0v) is 11.7. The summed E-state index contributed by atoms with van der Waals surface area (Å²) in [5.41, 5.74) is 1.12. The van der Waals surface area contributed by atoms with Gasteiger partial charge in [-0.1, -0.05) is 20.8 Å². The van der Waals surface area contributed by atoms with Gasteiger partial charge in [-0.15, -0.1) is 11.8 Å². The smallest absolute Gasteiger partial charge is 0.143 e. The number of ether oxygens (including phenoxy) is 1. The van der Waals surface area contributed by atoms with E-state index in [4.69, 9.17) is 4.74 Å². The fourth-order valence-electron chi connectivity index (χ4n) is 2.16. The van der Waals surface area contributed by atoms with Crippen LogP contribution in [0.4, 0.5) is 5.69 Å². The lowest BCUT2D eigenvalue weighted by Gasteiger charge is -2.38. The van der Waals surface area contributed by atoms with E-state index < -0.39 is 0 Å². The molecule has 1 aliphatic heterocycles. The summed E-state index contributed by atoms with van der Waals surface area (Å²) in [6, 6.07) is 6.44. The van der Waals surface area contributed by atoms with Crippen LogP contribution in [0.5, 0.6) is 5.75 Å². The van der Waals surface area contributed by atoms with E-state index in [-0.39, 0.29) is 5.60 Å². The van der Waals surface area contributed by atoms with Gasteiger partial charge in [0, 0.05) is 4.90 Å². The van der Waals surface area contributed by atoms with Crippen LogP contribution in [0.25, 0.3) is 0 Å². The first kappa shape index (κ1) is 12.6. The molecule has 1 aromatic rings. The number of rotatable bonds is 4. The monoisotopic (exact) mass is 251 g/mol. The molecule has 3 heteroatoms. The molecule has 0 amide bonds. The van der Waals surface area contributed by atoms with E-state index in [1.54, 1.807) is 0 Å². The molecule has 2 rings (SSSR count). The number of hydrogen-bond acceptors (Lipinski definition) is 3. The Hall–Kier alpha value is -0.830. The molecule has 0 unspecified atom stereocenters. The molecular weight excluding hydrogens is 230 g/mol. The fraction of sp³-hybridized carbons (Fsp3) is 0.571. The maximum absolute atomic E-state index is 6.18. The summed E-state index contributed by atoms with van der Waals surface area (Å²) < 4.78 is 6.18. The zero-order valence-electron chi connectivity index (χ0n) is 10.9. The summed E-state index contributed by atoms with van der Waals surface area (Å²) in [6.45, 7) is 7.47. The Labute approximate surface area is 108 Å². The second-order valence-corrected chi connectivity index (χ2v) is 5.77. The van der Waals surface area contributed by atoms with Crippen molar-refractivity contribution in [1.29, 1.82) is 0 Å². The van der Waals surface area contributed by atoms with Crippen LogP contribution in [-0.4, -0.2) is 17.9 Å². The molecule has 0 atom stereocenters. The number of fused-ring (bicyclic) bond motifs is 1. The van der Waals surface area contributed by atoms with Crippen LogP contribution in [0.3, 0.4) is 0 Å². The molecule has 1 aromatic carbocycles. The van der Waals surface area contributed by atoms with Gasteiger partial charge in [0.1, 0.15) is 11.4 Å². The van der Waals surface area contributed by atoms with Crippen molar-refractivity contribution in [1.82, 2.24) is 0 Å². The minimum atomic E-state index is -0.0214. The van der Waals surface area contributed by atoms with Crippen molar-refractivity contribution in [3.63, 3.8) is 0 Å². The first-order valence-electron chi connectivity index (χ1n) is 6.42. The maximum Gasteiger partial charge on any atom is 0.143 e. The van der Waals surface area contributed by atoms with E-state index in [2.05, 4.69) is 44.3 Å². The van der Waals surface area contributed by atoms with Gasteiger partial charge in [0.2, 0.25) is 0 Å². The summed E-state index contributed by atoms with van der Waals surface area (Å²) in [5.74, 6) is 2.11. The highest BCUT2D eigenvalue weighted by molar-refractivity contribution is 7.99. The summed E-state index contributed by atoms with van der Waals surface area (Å²) >= 11 is 1.86. The molecule has 0 aliphatic carbocycles. The SMILES string of the molecule is CCSc1ccc2c(c1)NCC(CC)(CC)O2. The predicted octanol–water partition coefficient (Wildman–Crippen LogP) is 4.16. The van der Waals surface area contributed by atoms with Crippen LogP contribution < -0.4 is 10.1 Å². The molecule has 0 aromatic heterocycles. The number of nitrogens with one attached hydrogen (secondary N) is 1. The van der Waals surface area contributed by atoms with Crippen molar-refractivity contribution in [2.45, 2.75) is 44.1 Å². The number of hydrogen-bond donors (Lipinski definition) is 1. The first-order valence-corrected chi connectivity index (χ1v) is 7.41. The summed E-state index contributed by atoms with van der Waals surface area (Å²) in [7, 11) is 0. The Morgan fingerprint density at radius 2 is 2.06 bits per heavy atom. The van der Waals surface area contributed by atoms with Crippen molar-refractivity contribution < 1.29 is 4.74 Å². The normalized spacial score (nSPS) is 16.9. The van der Waals surface area contributed by atoms with E-state index in [9.17, 15) is 0 Å². The molecule has 1 N–H and O–H groups in total. The Morgan fingerprint density at radius 1 is 1.29 bits per heavy atom. The summed E-state index contributed by atoms with van der Waals surface area (Å²) in [5, 5.41) is 3.52. The van der Waals surface area contributed by atoms with E-state index in [0.29, 0.717) is 0 Å². The van der Waals surface area contributed by atoms with Crippen LogP contribution >= 0.6 is 11.8 Å². The number of benzene rings is 1. The highest BCUT2D eigenvalue weighted by atomic mass is 32.2. The quantitative estimate of drug-likeness (QED) is 0.812. The molecule has 0 bridgehead atoms. The molecule has 0 fully saturated rings. The van der Waals surface area contributed by atoms with E-state index in [1.807, 2.05) is 11.8 Å². The Kier molecular flexibility index (Phi) is 3.87. The first-order chi connectivity index (χ1) is 8.23. The average Bonchev–Trinajstić information content (AvgIpc) is 2.38. The lowest BCUT2D eigenvalue weighted by Crippen LogP contribution is -2.44. The van der Waals surface area contributed by atoms with Crippen LogP contribution in [0, 0.1) is 0 Å². The van der Waals surface area contributed by atoms with Crippen LogP contribution in [0.15, 0.2) is 23.1 Å². The van der Waals surface area contributed by atoms with Gasteiger partial charge in [-0.2, -0.15) is 0 Å². The number of anilines is 1. The Balaban J connectivity index is 2.22. The van der Waals surface area contributed by atoms with Crippen molar-refractivity contribution in [3.8, 4) is 5.75 Å². The van der Waals surface area contributed by atoms with Crippen LogP contribution in [0.1, 0.15) is 33.6 Å². The Bertz CT molecular complexity index is 388. The van der Waals surface area contributed by atoms with Crippen LogP contribution in [0.2, 0.25) is 0 Å². The molecule has 17 heavy (non-hydrogen) atoms. The van der Waals surface area contributed by atoms with Crippen molar-refractivity contribution in [2.24, 2.45) is 0 Å². The minimum absolute atomic E-state index is 0.0214. The lowest BCUT2D eigenvalue weighted by molar-refractivity contribution is 0.0670. The second kappa shape index (κ2) is 5.21. The molecule has 0 spiro atoms. The molecule has 1 aliphatic rings. The maximum atomic E-state index is 6.18. The molecule has 1 heterocycles. The third-order valence-corrected chi connectivity index (χ3v) is 4.35. The molecule has 0 saturated carbocycles. The van der Waals surface area contributed by atoms with Gasteiger partial charge >= 0.3 is 0 Å². The third kappa shape index (κ3) is 2.54. The molecular formula is C14H21NOS. The van der Waals surface area contributed by atoms with Crippen molar-refractivity contribution in [2.75, 3.05) is 17.6 Å². The summed E-state index contributed by atoms with van der Waals surface area (Å²) in [6.07, 6.45) is 2.09. The average molecular weight is 251 g/mol. The second-order valence-electron chi connectivity index (χ2n) is 4.44. The van der Waals surface area contributed by atoms with Gasteiger partial charge in [0.25, 0.3) is 0 Å². The van der Waals surface area contributed by atoms with E-state index in [1.165, 1.54) is 4.90 Å². The van der Waals surface area contributed by atoms with Crippen LogP contribution in [-0.2, 0) is 0 Å². The largest absolute Gasteiger partial charge is 0.483 e. The van der Waals surface area contributed by atoms with Gasteiger partial charge in [-0.25, -0.2) is 0 Å². The topological polar surface area (TPSA) is 21.3 Å². The Morgan fingerprint density at radius 3 is 2.71 bits per heavy atom. The minimum Gasteiger partial charge on any atom is -0.483 e. The molecule has 94 valence electrons. The van der Waals surface area contributed by atoms with Gasteiger partial charge in [0.05, 0.1) is 12.2 Å². The standard InChI is InChI=1S/C14H21NOS/c1-4-14(5-2)10-15-12-9-11(17-6-3)7-8-13(12)16-14/h7-9,15H,4-6,10H2,1-3H3. The van der Waals surface area contributed by atoms with E-state index in [0.717, 1.165) is 36.6 Å². The van der Waals surface area contributed by atoms with Gasteiger partial charge < -0.3 is 10.1 Å². The highest BCUT2D eigenvalue weighted by Crippen LogP contribution is 2.38. The molecule has 0 radical (unpaired) electrons. The van der Waals surface area contributed by atoms with Crippen molar-refractivity contribution in [3.05, 3.63) is 18.2 Å². The third-order valence-electron chi connectivity index (χ3n) is 3.48. The zero-order chi connectivity index (χ0) is 12.3. The van der Waals surface area contributed by atoms with E-state index >= 15 is 0 Å². The molecule has 2 nitrogen and oxygen atoms in total. The fourth-order valence-corrected chi connectivity index (χ4v) is 2.86. The van der Waals surface area contributed by atoms with Crippen molar-refractivity contribution >= 4 is 17.4 Å². The summed E-state index contributed by atoms with van der Waals surface area (Å²) in [4.78, 5) is 1.31.